The van der Waals surface area contributed by atoms with Gasteiger partial charge >= 0.3 is 6.18 Å². The summed E-state index contributed by atoms with van der Waals surface area (Å²) in [7, 11) is 0. The van der Waals surface area contributed by atoms with E-state index in [4.69, 9.17) is 9.84 Å². The monoisotopic (exact) mass is 471 g/mol. The Morgan fingerprint density at radius 3 is 2.22 bits per heavy atom. The SMILES string of the molecule is CCc1ccc(-c2nsc(C(F)(F)F)c2COc2c(F)cc(CC(C)CO)cc2F)cc1. The zero-order chi connectivity index (χ0) is 23.5. The molecule has 2 aromatic carbocycles. The molecule has 172 valence electrons. The average molecular weight is 471 g/mol. The molecule has 0 fully saturated rings. The van der Waals surface area contributed by atoms with Crippen LogP contribution in [-0.2, 0) is 25.6 Å². The van der Waals surface area contributed by atoms with Crippen molar-refractivity contribution in [3.05, 3.63) is 69.6 Å². The van der Waals surface area contributed by atoms with E-state index in [1.807, 2.05) is 6.92 Å². The summed E-state index contributed by atoms with van der Waals surface area (Å²) in [5.41, 5.74) is 1.58. The molecule has 32 heavy (non-hydrogen) atoms. The molecule has 1 aromatic heterocycles. The Morgan fingerprint density at radius 1 is 1.06 bits per heavy atom. The number of halogens is 5. The van der Waals surface area contributed by atoms with Gasteiger partial charge in [-0.3, -0.25) is 0 Å². The van der Waals surface area contributed by atoms with Crippen LogP contribution < -0.4 is 4.74 Å². The minimum absolute atomic E-state index is 0.0687. The molecule has 1 N–H and O–H groups in total. The Kier molecular flexibility index (Phi) is 7.51. The van der Waals surface area contributed by atoms with Crippen LogP contribution >= 0.6 is 11.5 Å². The van der Waals surface area contributed by atoms with E-state index < -0.39 is 35.0 Å². The van der Waals surface area contributed by atoms with Crippen LogP contribution in [-0.4, -0.2) is 16.1 Å². The van der Waals surface area contributed by atoms with Gasteiger partial charge in [-0.1, -0.05) is 38.1 Å². The van der Waals surface area contributed by atoms with E-state index in [-0.39, 0.29) is 41.7 Å². The highest BCUT2D eigenvalue weighted by atomic mass is 32.1. The standard InChI is InChI=1S/C23H22F5NO2S/c1-3-14-4-6-16(7-5-14)20-17(22(32-29-20)23(26,27)28)12-31-21-18(24)9-15(10-19(21)25)8-13(2)11-30/h4-7,9-10,13,30H,3,8,11-12H2,1-2H3. The Balaban J connectivity index is 1.92. The summed E-state index contributed by atoms with van der Waals surface area (Å²) in [6.45, 7) is 2.83. The largest absolute Gasteiger partial charge is 0.483 e. The van der Waals surface area contributed by atoms with Gasteiger partial charge in [0.05, 0.1) is 5.69 Å². The van der Waals surface area contributed by atoms with Crippen LogP contribution in [0.1, 0.15) is 35.4 Å². The van der Waals surface area contributed by atoms with Gasteiger partial charge in [0.1, 0.15) is 11.5 Å². The molecule has 0 amide bonds. The van der Waals surface area contributed by atoms with Crippen LogP contribution in [0.3, 0.4) is 0 Å². The van der Waals surface area contributed by atoms with Gasteiger partial charge in [-0.15, -0.1) is 0 Å². The molecule has 0 aliphatic rings. The minimum Gasteiger partial charge on any atom is -0.483 e. The van der Waals surface area contributed by atoms with Crippen molar-refractivity contribution in [2.24, 2.45) is 5.92 Å². The minimum atomic E-state index is -4.68. The van der Waals surface area contributed by atoms with Crippen LogP contribution in [0.4, 0.5) is 22.0 Å². The Morgan fingerprint density at radius 2 is 1.69 bits per heavy atom. The molecule has 1 heterocycles. The Labute approximate surface area is 186 Å². The lowest BCUT2D eigenvalue weighted by atomic mass is 10.0. The highest BCUT2D eigenvalue weighted by molar-refractivity contribution is 7.06. The first kappa shape index (κ1) is 24.1. The first-order chi connectivity index (χ1) is 15.1. The summed E-state index contributed by atoms with van der Waals surface area (Å²) >= 11 is 0.277. The van der Waals surface area contributed by atoms with E-state index in [1.54, 1.807) is 31.2 Å². The highest BCUT2D eigenvalue weighted by Gasteiger charge is 2.38. The van der Waals surface area contributed by atoms with Gasteiger partial charge in [0.2, 0.25) is 0 Å². The molecule has 0 saturated heterocycles. The number of aromatic nitrogens is 1. The zero-order valence-electron chi connectivity index (χ0n) is 17.5. The van der Waals surface area contributed by atoms with Crippen LogP contribution in [0.5, 0.6) is 5.75 Å². The molecule has 3 aromatic rings. The van der Waals surface area contributed by atoms with Crippen LogP contribution in [0.2, 0.25) is 0 Å². The van der Waals surface area contributed by atoms with Crippen LogP contribution in [0, 0.1) is 17.6 Å². The first-order valence-corrected chi connectivity index (χ1v) is 10.8. The van der Waals surface area contributed by atoms with Gasteiger partial charge in [-0.05, 0) is 53.6 Å². The zero-order valence-corrected chi connectivity index (χ0v) is 18.3. The predicted molar refractivity (Wildman–Crippen MR) is 113 cm³/mol. The fourth-order valence-corrected chi connectivity index (χ4v) is 4.04. The molecule has 0 radical (unpaired) electrons. The Bertz CT molecular complexity index is 1040. The summed E-state index contributed by atoms with van der Waals surface area (Å²) in [6, 6.07) is 9.03. The number of hydrogen-bond acceptors (Lipinski definition) is 4. The van der Waals surface area contributed by atoms with Crippen molar-refractivity contribution < 1.29 is 31.8 Å². The summed E-state index contributed by atoms with van der Waals surface area (Å²) in [5.74, 6) is -2.99. The molecule has 0 spiro atoms. The fraction of sp³-hybridized carbons (Fsp3) is 0.348. The van der Waals surface area contributed by atoms with Gasteiger partial charge in [0, 0.05) is 17.7 Å². The second-order valence-corrected chi connectivity index (χ2v) is 8.33. The predicted octanol–water partition coefficient (Wildman–Crippen LogP) is 6.42. The van der Waals surface area contributed by atoms with Crippen molar-refractivity contribution >= 4 is 11.5 Å². The van der Waals surface area contributed by atoms with Gasteiger partial charge in [-0.25, -0.2) is 8.78 Å². The molecule has 0 aliphatic heterocycles. The second kappa shape index (κ2) is 9.95. The maximum Gasteiger partial charge on any atom is 0.427 e. The van der Waals surface area contributed by atoms with Crippen molar-refractivity contribution in [1.29, 1.82) is 0 Å². The van der Waals surface area contributed by atoms with Crippen molar-refractivity contribution in [3.63, 3.8) is 0 Å². The van der Waals surface area contributed by atoms with E-state index in [0.29, 0.717) is 11.1 Å². The number of hydrogen-bond donors (Lipinski definition) is 1. The summed E-state index contributed by atoms with van der Waals surface area (Å²) in [5, 5.41) is 9.11. The van der Waals surface area contributed by atoms with Crippen molar-refractivity contribution in [2.75, 3.05) is 6.61 Å². The van der Waals surface area contributed by atoms with Crippen molar-refractivity contribution in [3.8, 4) is 17.0 Å². The molecule has 0 aliphatic carbocycles. The van der Waals surface area contributed by atoms with Crippen LogP contribution in [0.25, 0.3) is 11.3 Å². The van der Waals surface area contributed by atoms with Gasteiger partial charge in [0.15, 0.2) is 17.4 Å². The van der Waals surface area contributed by atoms with E-state index in [1.165, 1.54) is 0 Å². The van der Waals surface area contributed by atoms with Crippen LogP contribution in [0.15, 0.2) is 36.4 Å². The number of aliphatic hydroxyl groups is 1. The van der Waals surface area contributed by atoms with Crippen molar-refractivity contribution in [1.82, 2.24) is 4.37 Å². The van der Waals surface area contributed by atoms with E-state index in [0.717, 1.165) is 24.1 Å². The van der Waals surface area contributed by atoms with Crippen molar-refractivity contribution in [2.45, 2.75) is 39.5 Å². The lowest BCUT2D eigenvalue weighted by Gasteiger charge is -2.14. The summed E-state index contributed by atoms with van der Waals surface area (Å²) in [4.78, 5) is -0.971. The number of aliphatic hydroxyl groups excluding tert-OH is 1. The lowest BCUT2D eigenvalue weighted by molar-refractivity contribution is -0.135. The maximum absolute atomic E-state index is 14.5. The molecule has 3 nitrogen and oxygen atoms in total. The molecule has 1 unspecified atom stereocenters. The van der Waals surface area contributed by atoms with Gasteiger partial charge < -0.3 is 9.84 Å². The maximum atomic E-state index is 14.5. The average Bonchev–Trinajstić information content (AvgIpc) is 3.17. The number of nitrogens with zero attached hydrogens (tertiary/aromatic N) is 1. The number of ether oxygens (including phenoxy) is 1. The number of benzene rings is 2. The second-order valence-electron chi connectivity index (χ2n) is 7.56. The fourth-order valence-electron chi connectivity index (χ4n) is 3.27. The summed E-state index contributed by atoms with van der Waals surface area (Å²) in [6.07, 6.45) is -3.67. The molecule has 9 heteroatoms. The molecular weight excluding hydrogens is 449 g/mol. The molecule has 0 saturated carbocycles. The van der Waals surface area contributed by atoms with E-state index in [2.05, 4.69) is 4.37 Å². The number of rotatable bonds is 8. The highest BCUT2D eigenvalue weighted by Crippen LogP contribution is 2.40. The van der Waals surface area contributed by atoms with Gasteiger partial charge in [-0.2, -0.15) is 17.5 Å². The molecule has 3 rings (SSSR count). The normalized spacial score (nSPS) is 12.8. The first-order valence-electron chi connectivity index (χ1n) is 10.0. The molecular formula is C23H22F5NO2S. The third-order valence-corrected chi connectivity index (χ3v) is 5.93. The quantitative estimate of drug-likeness (QED) is 0.386. The Hall–Kier alpha value is -2.52. The van der Waals surface area contributed by atoms with E-state index in [9.17, 15) is 22.0 Å². The van der Waals surface area contributed by atoms with E-state index >= 15 is 0 Å². The smallest absolute Gasteiger partial charge is 0.427 e. The number of alkyl halides is 3. The molecule has 0 bridgehead atoms. The number of aryl methyl sites for hydroxylation is 1. The lowest BCUT2D eigenvalue weighted by Crippen LogP contribution is -2.10. The summed E-state index contributed by atoms with van der Waals surface area (Å²) < 4.78 is 78.7. The topological polar surface area (TPSA) is 42.4 Å². The van der Waals surface area contributed by atoms with Gasteiger partial charge in [0.25, 0.3) is 0 Å². The third-order valence-electron chi connectivity index (χ3n) is 5.00. The molecule has 1 atom stereocenters. The third kappa shape index (κ3) is 5.45.